The first-order valence-corrected chi connectivity index (χ1v) is 3.51. The van der Waals surface area contributed by atoms with Gasteiger partial charge >= 0.3 is 0 Å². The van der Waals surface area contributed by atoms with E-state index in [-0.39, 0.29) is 6.61 Å². The van der Waals surface area contributed by atoms with E-state index in [1.807, 2.05) is 0 Å². The van der Waals surface area contributed by atoms with Crippen molar-refractivity contribution in [1.29, 1.82) is 0 Å². The summed E-state index contributed by atoms with van der Waals surface area (Å²) in [6.45, 7) is 0.115. The van der Waals surface area contributed by atoms with Crippen molar-refractivity contribution in [3.05, 3.63) is 0 Å². The number of aliphatic hydroxyl groups excluding tert-OH is 3. The summed E-state index contributed by atoms with van der Waals surface area (Å²) < 4.78 is 9.84. The molecule has 11 heavy (non-hydrogen) atoms. The summed E-state index contributed by atoms with van der Waals surface area (Å²) in [7, 11) is 0. The zero-order chi connectivity index (χ0) is 8.01. The molecule has 5 atom stereocenters. The molecule has 64 valence electrons. The van der Waals surface area contributed by atoms with E-state index in [0.29, 0.717) is 0 Å². The van der Waals surface area contributed by atoms with Crippen LogP contribution in [0.3, 0.4) is 0 Å². The van der Waals surface area contributed by atoms with Gasteiger partial charge < -0.3 is 24.8 Å². The van der Waals surface area contributed by atoms with E-state index >= 15 is 0 Å². The topological polar surface area (TPSA) is 79.2 Å². The second-order valence-electron chi connectivity index (χ2n) is 2.85. The zero-order valence-electron chi connectivity index (χ0n) is 5.75. The molecule has 0 spiro atoms. The SMILES string of the molecule is O[C@@H]1[C@H]2OC[C@@H](O)[C@H](O2)[C@H]1O. The molecule has 0 aromatic heterocycles. The fourth-order valence-electron chi connectivity index (χ4n) is 1.42. The summed E-state index contributed by atoms with van der Waals surface area (Å²) in [5.74, 6) is 0. The first kappa shape index (κ1) is 7.45. The van der Waals surface area contributed by atoms with Gasteiger partial charge in [0.2, 0.25) is 0 Å². The van der Waals surface area contributed by atoms with E-state index < -0.39 is 30.7 Å². The van der Waals surface area contributed by atoms with Crippen molar-refractivity contribution in [2.45, 2.75) is 30.7 Å². The number of hydrogen-bond donors (Lipinski definition) is 3. The first-order chi connectivity index (χ1) is 5.20. The Hall–Kier alpha value is -0.200. The van der Waals surface area contributed by atoms with Crippen molar-refractivity contribution in [1.82, 2.24) is 0 Å². The van der Waals surface area contributed by atoms with Crippen molar-refractivity contribution in [2.75, 3.05) is 6.61 Å². The number of fused-ring (bicyclic) bond motifs is 2. The fraction of sp³-hybridized carbons (Fsp3) is 1.00. The Bertz CT molecular complexity index is 161. The van der Waals surface area contributed by atoms with Gasteiger partial charge in [0.25, 0.3) is 0 Å². The molecule has 2 rings (SSSR count). The number of ether oxygens (including phenoxy) is 2. The highest BCUT2D eigenvalue weighted by atomic mass is 16.7. The van der Waals surface area contributed by atoms with Gasteiger partial charge in [0.15, 0.2) is 6.29 Å². The average Bonchev–Trinajstić information content (AvgIpc) is 2.24. The van der Waals surface area contributed by atoms with Crippen LogP contribution in [-0.2, 0) is 9.47 Å². The Morgan fingerprint density at radius 1 is 1.09 bits per heavy atom. The second-order valence-corrected chi connectivity index (χ2v) is 2.85. The lowest BCUT2D eigenvalue weighted by atomic mass is 10.1. The van der Waals surface area contributed by atoms with Crippen molar-refractivity contribution >= 4 is 0 Å². The van der Waals surface area contributed by atoms with Gasteiger partial charge in [0.05, 0.1) is 6.61 Å². The Labute approximate surface area is 63.2 Å². The third-order valence-corrected chi connectivity index (χ3v) is 2.07. The molecule has 0 aromatic rings. The van der Waals surface area contributed by atoms with Gasteiger partial charge in [-0.1, -0.05) is 0 Å². The van der Waals surface area contributed by atoms with E-state index in [0.717, 1.165) is 0 Å². The van der Waals surface area contributed by atoms with Crippen LogP contribution in [0.25, 0.3) is 0 Å². The van der Waals surface area contributed by atoms with Gasteiger partial charge in [-0.3, -0.25) is 0 Å². The van der Waals surface area contributed by atoms with Crippen LogP contribution in [0, 0.1) is 0 Å². The molecule has 2 bridgehead atoms. The van der Waals surface area contributed by atoms with Crippen LogP contribution in [0.5, 0.6) is 0 Å². The van der Waals surface area contributed by atoms with Gasteiger partial charge in [0.1, 0.15) is 24.4 Å². The highest BCUT2D eigenvalue weighted by Gasteiger charge is 2.50. The van der Waals surface area contributed by atoms with Crippen LogP contribution in [0.2, 0.25) is 0 Å². The Balaban J connectivity index is 2.16. The van der Waals surface area contributed by atoms with Gasteiger partial charge in [0, 0.05) is 0 Å². The van der Waals surface area contributed by atoms with Crippen LogP contribution in [0.15, 0.2) is 0 Å². The highest BCUT2D eigenvalue weighted by molar-refractivity contribution is 4.93. The van der Waals surface area contributed by atoms with E-state index in [1.54, 1.807) is 0 Å². The molecule has 0 aromatic carbocycles. The van der Waals surface area contributed by atoms with E-state index in [1.165, 1.54) is 0 Å². The lowest BCUT2D eigenvalue weighted by Crippen LogP contribution is -2.41. The van der Waals surface area contributed by atoms with Crippen molar-refractivity contribution < 1.29 is 24.8 Å². The predicted molar refractivity (Wildman–Crippen MR) is 32.6 cm³/mol. The molecular weight excluding hydrogens is 152 g/mol. The van der Waals surface area contributed by atoms with Crippen LogP contribution in [-0.4, -0.2) is 52.6 Å². The van der Waals surface area contributed by atoms with Gasteiger partial charge in [-0.15, -0.1) is 0 Å². The molecule has 2 heterocycles. The van der Waals surface area contributed by atoms with Crippen LogP contribution >= 0.6 is 0 Å². The summed E-state index contributed by atoms with van der Waals surface area (Å²) >= 11 is 0. The molecule has 2 aliphatic rings. The zero-order valence-corrected chi connectivity index (χ0v) is 5.75. The molecule has 0 saturated carbocycles. The standard InChI is InChI=1S/C6H10O5/c7-2-1-10-6-4(9)3(8)5(2)11-6/h2-9H,1H2/t2-,3+,4+,5+,6+/m1/s1. The molecule has 2 aliphatic heterocycles. The highest BCUT2D eigenvalue weighted by Crippen LogP contribution is 2.28. The molecule has 0 radical (unpaired) electrons. The molecule has 0 aliphatic carbocycles. The Kier molecular flexibility index (Phi) is 1.62. The maximum atomic E-state index is 9.22. The van der Waals surface area contributed by atoms with E-state index in [9.17, 15) is 10.2 Å². The monoisotopic (exact) mass is 162 g/mol. The van der Waals surface area contributed by atoms with Gasteiger partial charge in [-0.2, -0.15) is 0 Å². The van der Waals surface area contributed by atoms with Crippen LogP contribution < -0.4 is 0 Å². The molecular formula is C6H10O5. The molecule has 0 unspecified atom stereocenters. The molecule has 3 N–H and O–H groups in total. The quantitative estimate of drug-likeness (QED) is 0.377. The van der Waals surface area contributed by atoms with E-state index in [2.05, 4.69) is 0 Å². The fourth-order valence-corrected chi connectivity index (χ4v) is 1.42. The number of rotatable bonds is 0. The Morgan fingerprint density at radius 2 is 1.82 bits per heavy atom. The first-order valence-electron chi connectivity index (χ1n) is 3.51. The van der Waals surface area contributed by atoms with Crippen molar-refractivity contribution in [3.63, 3.8) is 0 Å². The second kappa shape index (κ2) is 2.40. The minimum atomic E-state index is -1.03. The third kappa shape index (κ3) is 0.969. The van der Waals surface area contributed by atoms with Gasteiger partial charge in [-0.05, 0) is 0 Å². The number of hydrogen-bond acceptors (Lipinski definition) is 5. The third-order valence-electron chi connectivity index (χ3n) is 2.07. The molecule has 2 fully saturated rings. The minimum absolute atomic E-state index is 0.115. The smallest absolute Gasteiger partial charge is 0.186 e. The molecule has 2 saturated heterocycles. The molecule has 0 amide bonds. The summed E-state index contributed by atoms with van der Waals surface area (Å²) in [4.78, 5) is 0. The lowest BCUT2D eigenvalue weighted by Gasteiger charge is -2.25. The summed E-state index contributed by atoms with van der Waals surface area (Å²) in [5.41, 5.74) is 0. The summed E-state index contributed by atoms with van der Waals surface area (Å²) in [5, 5.41) is 27.6. The van der Waals surface area contributed by atoms with E-state index in [4.69, 9.17) is 14.6 Å². The average molecular weight is 162 g/mol. The maximum absolute atomic E-state index is 9.22. The number of aliphatic hydroxyl groups is 3. The van der Waals surface area contributed by atoms with Crippen LogP contribution in [0.4, 0.5) is 0 Å². The predicted octanol–water partition coefficient (Wildman–Crippen LogP) is -2.18. The summed E-state index contributed by atoms with van der Waals surface area (Å²) in [6.07, 6.45) is -4.35. The molecule has 5 heteroatoms. The van der Waals surface area contributed by atoms with Crippen molar-refractivity contribution in [2.24, 2.45) is 0 Å². The maximum Gasteiger partial charge on any atom is 0.186 e. The van der Waals surface area contributed by atoms with Gasteiger partial charge in [-0.25, -0.2) is 0 Å². The van der Waals surface area contributed by atoms with Crippen LogP contribution in [0.1, 0.15) is 0 Å². The largest absolute Gasteiger partial charge is 0.388 e. The normalized spacial score (nSPS) is 56.5. The molecule has 5 nitrogen and oxygen atoms in total. The Morgan fingerprint density at radius 3 is 2.45 bits per heavy atom. The minimum Gasteiger partial charge on any atom is -0.388 e. The van der Waals surface area contributed by atoms with Crippen molar-refractivity contribution in [3.8, 4) is 0 Å². The summed E-state index contributed by atoms with van der Waals surface area (Å²) in [6, 6.07) is 0. The lowest BCUT2D eigenvalue weighted by molar-refractivity contribution is -0.233.